The maximum absolute atomic E-state index is 12.3. The first-order chi connectivity index (χ1) is 11.1. The normalized spacial score (nSPS) is 16.4. The molecular weight excluding hydrogens is 288 g/mol. The number of carbonyl (C=O) groups excluding carboxylic acids is 1. The Morgan fingerprint density at radius 2 is 1.96 bits per heavy atom. The highest BCUT2D eigenvalue weighted by atomic mass is 16.2. The van der Waals surface area contributed by atoms with E-state index in [0.29, 0.717) is 5.69 Å². The molecule has 1 aromatic heterocycles. The lowest BCUT2D eigenvalue weighted by molar-refractivity contribution is 0.0899. The fourth-order valence-electron chi connectivity index (χ4n) is 3.16. The van der Waals surface area contributed by atoms with E-state index in [0.717, 1.165) is 38.2 Å². The molecule has 0 aliphatic carbocycles. The zero-order chi connectivity index (χ0) is 16.2. The molecule has 122 valence electrons. The van der Waals surface area contributed by atoms with Crippen molar-refractivity contribution in [1.82, 2.24) is 20.0 Å². The molecule has 1 aliphatic rings. The molecule has 0 spiro atoms. The SMILES string of the molecule is Cc1cc(C(=O)NC2CCN(Cc3ccccc3)CC2)n(C)n1. The fourth-order valence-corrected chi connectivity index (χ4v) is 3.16. The predicted octanol–water partition coefficient (Wildman–Crippen LogP) is 2.12. The maximum atomic E-state index is 12.3. The van der Waals surface area contributed by atoms with Gasteiger partial charge in [-0.15, -0.1) is 0 Å². The van der Waals surface area contributed by atoms with E-state index in [1.54, 1.807) is 4.68 Å². The summed E-state index contributed by atoms with van der Waals surface area (Å²) in [5, 5.41) is 7.38. The summed E-state index contributed by atoms with van der Waals surface area (Å²) in [7, 11) is 1.81. The highest BCUT2D eigenvalue weighted by Gasteiger charge is 2.22. The van der Waals surface area contributed by atoms with Crippen molar-refractivity contribution < 1.29 is 4.79 Å². The Morgan fingerprint density at radius 1 is 1.26 bits per heavy atom. The zero-order valence-corrected chi connectivity index (χ0v) is 13.8. The van der Waals surface area contributed by atoms with Crippen LogP contribution in [0.4, 0.5) is 0 Å². The maximum Gasteiger partial charge on any atom is 0.269 e. The number of rotatable bonds is 4. The Labute approximate surface area is 137 Å². The molecule has 0 saturated carbocycles. The van der Waals surface area contributed by atoms with Crippen LogP contribution in [0.15, 0.2) is 36.4 Å². The largest absolute Gasteiger partial charge is 0.348 e. The summed E-state index contributed by atoms with van der Waals surface area (Å²) in [4.78, 5) is 14.8. The number of likely N-dealkylation sites (tertiary alicyclic amines) is 1. The monoisotopic (exact) mass is 312 g/mol. The third-order valence-corrected chi connectivity index (χ3v) is 4.41. The molecule has 1 aromatic carbocycles. The van der Waals surface area contributed by atoms with Gasteiger partial charge in [0, 0.05) is 32.7 Å². The number of benzene rings is 1. The summed E-state index contributed by atoms with van der Waals surface area (Å²) in [6.07, 6.45) is 1.99. The molecule has 0 radical (unpaired) electrons. The van der Waals surface area contributed by atoms with E-state index in [-0.39, 0.29) is 11.9 Å². The lowest BCUT2D eigenvalue weighted by atomic mass is 10.0. The molecule has 23 heavy (non-hydrogen) atoms. The first-order valence-electron chi connectivity index (χ1n) is 8.19. The van der Waals surface area contributed by atoms with Crippen molar-refractivity contribution >= 4 is 5.91 Å². The standard InChI is InChI=1S/C18H24N4O/c1-14-12-17(21(2)20-14)18(23)19-16-8-10-22(11-9-16)13-15-6-4-3-5-7-15/h3-7,12,16H,8-11,13H2,1-2H3,(H,19,23). The van der Waals surface area contributed by atoms with E-state index in [2.05, 4.69) is 39.6 Å². The topological polar surface area (TPSA) is 50.2 Å². The fraction of sp³-hybridized carbons (Fsp3) is 0.444. The minimum Gasteiger partial charge on any atom is -0.348 e. The predicted molar refractivity (Wildman–Crippen MR) is 90.2 cm³/mol. The Bertz CT molecular complexity index is 657. The van der Waals surface area contributed by atoms with Crippen molar-refractivity contribution in [2.24, 2.45) is 7.05 Å². The molecule has 1 amide bonds. The molecule has 1 fully saturated rings. The summed E-state index contributed by atoms with van der Waals surface area (Å²) in [5.74, 6) is -0.0189. The van der Waals surface area contributed by atoms with Crippen LogP contribution in [-0.2, 0) is 13.6 Å². The molecule has 0 atom stereocenters. The zero-order valence-electron chi connectivity index (χ0n) is 13.8. The van der Waals surface area contributed by atoms with Crippen molar-refractivity contribution in [3.05, 3.63) is 53.3 Å². The van der Waals surface area contributed by atoms with Gasteiger partial charge in [0.2, 0.25) is 0 Å². The Kier molecular flexibility index (Phi) is 4.76. The van der Waals surface area contributed by atoms with E-state index < -0.39 is 0 Å². The number of amides is 1. The summed E-state index contributed by atoms with van der Waals surface area (Å²) in [6.45, 7) is 4.93. The quantitative estimate of drug-likeness (QED) is 0.941. The number of aryl methyl sites for hydroxylation is 2. The average molecular weight is 312 g/mol. The van der Waals surface area contributed by atoms with Crippen molar-refractivity contribution in [1.29, 1.82) is 0 Å². The van der Waals surface area contributed by atoms with Gasteiger partial charge in [-0.05, 0) is 31.4 Å². The minimum absolute atomic E-state index is 0.0189. The van der Waals surface area contributed by atoms with Crippen LogP contribution in [0.25, 0.3) is 0 Å². The molecule has 3 rings (SSSR count). The number of nitrogens with one attached hydrogen (secondary N) is 1. The van der Waals surface area contributed by atoms with Crippen LogP contribution in [-0.4, -0.2) is 39.7 Å². The van der Waals surface area contributed by atoms with Crippen molar-refractivity contribution in [2.75, 3.05) is 13.1 Å². The van der Waals surface area contributed by atoms with Gasteiger partial charge in [0.1, 0.15) is 5.69 Å². The molecule has 0 bridgehead atoms. The van der Waals surface area contributed by atoms with Gasteiger partial charge < -0.3 is 5.32 Å². The molecule has 2 heterocycles. The number of hydrogen-bond acceptors (Lipinski definition) is 3. The first kappa shape index (κ1) is 15.7. The van der Waals surface area contributed by atoms with Gasteiger partial charge in [-0.3, -0.25) is 14.4 Å². The van der Waals surface area contributed by atoms with Gasteiger partial charge >= 0.3 is 0 Å². The van der Waals surface area contributed by atoms with Crippen LogP contribution in [0, 0.1) is 6.92 Å². The van der Waals surface area contributed by atoms with Crippen LogP contribution < -0.4 is 5.32 Å². The van der Waals surface area contributed by atoms with Gasteiger partial charge in [0.25, 0.3) is 5.91 Å². The second-order valence-corrected chi connectivity index (χ2v) is 6.30. The lowest BCUT2D eigenvalue weighted by Gasteiger charge is -2.32. The number of aromatic nitrogens is 2. The lowest BCUT2D eigenvalue weighted by Crippen LogP contribution is -2.44. The van der Waals surface area contributed by atoms with E-state index in [1.807, 2.05) is 26.1 Å². The van der Waals surface area contributed by atoms with E-state index in [9.17, 15) is 4.79 Å². The molecule has 1 N–H and O–H groups in total. The summed E-state index contributed by atoms with van der Waals surface area (Å²) < 4.78 is 1.65. The third kappa shape index (κ3) is 3.99. The Balaban J connectivity index is 1.49. The Morgan fingerprint density at radius 3 is 2.57 bits per heavy atom. The van der Waals surface area contributed by atoms with Gasteiger partial charge in [-0.25, -0.2) is 0 Å². The van der Waals surface area contributed by atoms with E-state index in [1.165, 1.54) is 5.56 Å². The molecule has 1 saturated heterocycles. The van der Waals surface area contributed by atoms with Crippen LogP contribution in [0.5, 0.6) is 0 Å². The van der Waals surface area contributed by atoms with Crippen molar-refractivity contribution in [3.63, 3.8) is 0 Å². The first-order valence-corrected chi connectivity index (χ1v) is 8.19. The number of carbonyl (C=O) groups is 1. The molecule has 1 aliphatic heterocycles. The summed E-state index contributed by atoms with van der Waals surface area (Å²) >= 11 is 0. The highest BCUT2D eigenvalue weighted by molar-refractivity contribution is 5.92. The molecule has 5 heteroatoms. The molecular formula is C18H24N4O. The van der Waals surface area contributed by atoms with E-state index in [4.69, 9.17) is 0 Å². The second-order valence-electron chi connectivity index (χ2n) is 6.30. The highest BCUT2D eigenvalue weighted by Crippen LogP contribution is 2.14. The Hall–Kier alpha value is -2.14. The average Bonchev–Trinajstić information content (AvgIpc) is 2.89. The molecule has 2 aromatic rings. The van der Waals surface area contributed by atoms with Gasteiger partial charge in [0.05, 0.1) is 5.69 Å². The van der Waals surface area contributed by atoms with E-state index >= 15 is 0 Å². The van der Waals surface area contributed by atoms with Crippen LogP contribution >= 0.6 is 0 Å². The third-order valence-electron chi connectivity index (χ3n) is 4.41. The van der Waals surface area contributed by atoms with Crippen molar-refractivity contribution in [2.45, 2.75) is 32.4 Å². The van der Waals surface area contributed by atoms with Crippen LogP contribution in [0.2, 0.25) is 0 Å². The van der Waals surface area contributed by atoms with Gasteiger partial charge in [-0.1, -0.05) is 30.3 Å². The minimum atomic E-state index is -0.0189. The second kappa shape index (κ2) is 6.96. The van der Waals surface area contributed by atoms with Gasteiger partial charge in [-0.2, -0.15) is 5.10 Å². The number of hydrogen-bond donors (Lipinski definition) is 1. The molecule has 5 nitrogen and oxygen atoms in total. The van der Waals surface area contributed by atoms with Crippen LogP contribution in [0.1, 0.15) is 34.6 Å². The van der Waals surface area contributed by atoms with Crippen LogP contribution in [0.3, 0.4) is 0 Å². The summed E-state index contributed by atoms with van der Waals surface area (Å²) in [5.41, 5.74) is 2.85. The van der Waals surface area contributed by atoms with Crippen molar-refractivity contribution in [3.8, 4) is 0 Å². The number of piperidine rings is 1. The summed E-state index contributed by atoms with van der Waals surface area (Å²) in [6, 6.07) is 12.6. The van der Waals surface area contributed by atoms with Gasteiger partial charge in [0.15, 0.2) is 0 Å². The smallest absolute Gasteiger partial charge is 0.269 e. The molecule has 0 unspecified atom stereocenters. The number of nitrogens with zero attached hydrogens (tertiary/aromatic N) is 3.